The predicted octanol–water partition coefficient (Wildman–Crippen LogP) is 3.36. The van der Waals surface area contributed by atoms with Gasteiger partial charge < -0.3 is 5.11 Å². The molecule has 0 amide bonds. The lowest BCUT2D eigenvalue weighted by molar-refractivity contribution is 0.0764. The molecule has 3 heteroatoms. The average molecular weight is 336 g/mol. The summed E-state index contributed by atoms with van der Waals surface area (Å²) in [5.41, 5.74) is 3.49. The average Bonchev–Trinajstić information content (AvgIpc) is 2.64. The first-order valence-corrected chi connectivity index (χ1v) is 9.11. The van der Waals surface area contributed by atoms with Gasteiger partial charge in [-0.2, -0.15) is 0 Å². The van der Waals surface area contributed by atoms with Crippen LogP contribution in [-0.4, -0.2) is 54.2 Å². The van der Waals surface area contributed by atoms with Gasteiger partial charge in [-0.05, 0) is 18.1 Å². The van der Waals surface area contributed by atoms with E-state index in [1.165, 1.54) is 11.1 Å². The van der Waals surface area contributed by atoms with E-state index in [0.29, 0.717) is 0 Å². The summed E-state index contributed by atoms with van der Waals surface area (Å²) >= 11 is 0. The van der Waals surface area contributed by atoms with E-state index in [4.69, 9.17) is 0 Å². The van der Waals surface area contributed by atoms with E-state index in [0.717, 1.165) is 44.8 Å². The molecule has 0 radical (unpaired) electrons. The zero-order valence-electron chi connectivity index (χ0n) is 15.0. The molecule has 1 saturated heterocycles. The van der Waals surface area contributed by atoms with Crippen molar-refractivity contribution in [1.82, 2.24) is 9.80 Å². The summed E-state index contributed by atoms with van der Waals surface area (Å²) in [6, 6.07) is 18.6. The van der Waals surface area contributed by atoms with Crippen LogP contribution in [0.4, 0.5) is 0 Å². The number of aliphatic hydroxyl groups is 1. The first-order valence-electron chi connectivity index (χ1n) is 9.11. The molecule has 3 rings (SSSR count). The van der Waals surface area contributed by atoms with Gasteiger partial charge in [0.25, 0.3) is 0 Å². The van der Waals surface area contributed by atoms with Gasteiger partial charge in [-0.1, -0.05) is 72.3 Å². The van der Waals surface area contributed by atoms with Crippen LogP contribution < -0.4 is 0 Å². The van der Waals surface area contributed by atoms with Crippen molar-refractivity contribution in [2.75, 3.05) is 39.3 Å². The van der Waals surface area contributed by atoms with Gasteiger partial charge in [0, 0.05) is 39.3 Å². The Morgan fingerprint density at radius 3 is 2.24 bits per heavy atom. The van der Waals surface area contributed by atoms with Crippen LogP contribution in [0.2, 0.25) is 0 Å². The number of β-amino-alcohol motifs (C(OH)–C–C–N with tert-alkyl or cyclic N) is 1. The molecule has 1 unspecified atom stereocenters. The Bertz CT molecular complexity index is 658. The maximum Gasteiger partial charge on any atom is 0.0916 e. The highest BCUT2D eigenvalue weighted by molar-refractivity contribution is 5.48. The minimum Gasteiger partial charge on any atom is -0.387 e. The second kappa shape index (κ2) is 8.95. The Balaban J connectivity index is 1.41. The van der Waals surface area contributed by atoms with Crippen LogP contribution in [0.3, 0.4) is 0 Å². The second-order valence-corrected chi connectivity index (χ2v) is 6.84. The molecule has 3 nitrogen and oxygen atoms in total. The minimum atomic E-state index is -0.398. The van der Waals surface area contributed by atoms with Crippen molar-refractivity contribution in [3.8, 4) is 0 Å². The van der Waals surface area contributed by atoms with Gasteiger partial charge in [0.05, 0.1) is 6.10 Å². The van der Waals surface area contributed by atoms with Crippen molar-refractivity contribution in [3.63, 3.8) is 0 Å². The van der Waals surface area contributed by atoms with Gasteiger partial charge in [-0.3, -0.25) is 9.80 Å². The third kappa shape index (κ3) is 5.53. The van der Waals surface area contributed by atoms with Gasteiger partial charge in [-0.15, -0.1) is 0 Å². The fraction of sp³-hybridized carbons (Fsp3) is 0.364. The van der Waals surface area contributed by atoms with E-state index in [1.54, 1.807) is 0 Å². The summed E-state index contributed by atoms with van der Waals surface area (Å²) in [7, 11) is 0. The Morgan fingerprint density at radius 2 is 1.56 bits per heavy atom. The molecule has 25 heavy (non-hydrogen) atoms. The van der Waals surface area contributed by atoms with E-state index in [1.807, 2.05) is 18.2 Å². The third-order valence-electron chi connectivity index (χ3n) is 4.83. The first kappa shape index (κ1) is 17.9. The smallest absolute Gasteiger partial charge is 0.0916 e. The van der Waals surface area contributed by atoms with Crippen molar-refractivity contribution in [1.29, 1.82) is 0 Å². The SMILES string of the molecule is Cc1ccc(C(O)CN2CCN(CC=Cc3ccccc3)CC2)cc1. The van der Waals surface area contributed by atoms with Crippen LogP contribution in [0, 0.1) is 6.92 Å². The van der Waals surface area contributed by atoms with Gasteiger partial charge in [-0.25, -0.2) is 0 Å². The number of piperazine rings is 1. The van der Waals surface area contributed by atoms with Crippen molar-refractivity contribution >= 4 is 6.08 Å². The lowest BCUT2D eigenvalue weighted by Crippen LogP contribution is -2.47. The molecule has 1 aliphatic heterocycles. The molecule has 1 N–H and O–H groups in total. The topological polar surface area (TPSA) is 26.7 Å². The Hall–Kier alpha value is -1.94. The predicted molar refractivity (Wildman–Crippen MR) is 104 cm³/mol. The van der Waals surface area contributed by atoms with E-state index in [-0.39, 0.29) is 0 Å². The van der Waals surface area contributed by atoms with Crippen LogP contribution in [0.5, 0.6) is 0 Å². The summed E-state index contributed by atoms with van der Waals surface area (Å²) in [5, 5.41) is 10.4. The molecule has 2 aromatic rings. The monoisotopic (exact) mass is 336 g/mol. The van der Waals surface area contributed by atoms with Crippen LogP contribution in [0.1, 0.15) is 22.8 Å². The number of aryl methyl sites for hydroxylation is 1. The highest BCUT2D eigenvalue weighted by Crippen LogP contribution is 2.16. The molecule has 1 atom stereocenters. The number of benzene rings is 2. The second-order valence-electron chi connectivity index (χ2n) is 6.84. The molecule has 2 aromatic carbocycles. The molecule has 132 valence electrons. The third-order valence-corrected chi connectivity index (χ3v) is 4.83. The van der Waals surface area contributed by atoms with Crippen LogP contribution in [0.15, 0.2) is 60.7 Å². The summed E-state index contributed by atoms with van der Waals surface area (Å²) in [4.78, 5) is 4.83. The van der Waals surface area contributed by atoms with Gasteiger partial charge in [0.2, 0.25) is 0 Å². The molecule has 0 aliphatic carbocycles. The zero-order chi connectivity index (χ0) is 17.5. The maximum atomic E-state index is 10.4. The lowest BCUT2D eigenvalue weighted by atomic mass is 10.1. The maximum absolute atomic E-state index is 10.4. The first-order chi connectivity index (χ1) is 12.2. The molecule has 0 spiro atoms. The summed E-state index contributed by atoms with van der Waals surface area (Å²) in [6.45, 7) is 7.92. The molecular formula is C22H28N2O. The van der Waals surface area contributed by atoms with Crippen molar-refractivity contribution in [3.05, 3.63) is 77.4 Å². The standard InChI is InChI=1S/C22H28N2O/c1-19-9-11-21(12-10-19)22(25)18-24-16-14-23(15-17-24)13-5-8-20-6-3-2-4-7-20/h2-12,22,25H,13-18H2,1H3. The molecule has 1 heterocycles. The molecule has 0 saturated carbocycles. The van der Waals surface area contributed by atoms with E-state index in [2.05, 4.69) is 65.3 Å². The van der Waals surface area contributed by atoms with Gasteiger partial charge in [0.1, 0.15) is 0 Å². The fourth-order valence-corrected chi connectivity index (χ4v) is 3.20. The summed E-state index contributed by atoms with van der Waals surface area (Å²) in [6.07, 6.45) is 4.03. The molecule has 1 aliphatic rings. The molecule has 1 fully saturated rings. The largest absolute Gasteiger partial charge is 0.387 e. The normalized spacial score (nSPS) is 17.8. The van der Waals surface area contributed by atoms with E-state index < -0.39 is 6.10 Å². The number of hydrogen-bond donors (Lipinski definition) is 1. The van der Waals surface area contributed by atoms with Crippen LogP contribution >= 0.6 is 0 Å². The summed E-state index contributed by atoms with van der Waals surface area (Å²) < 4.78 is 0. The minimum absolute atomic E-state index is 0.398. The van der Waals surface area contributed by atoms with Crippen molar-refractivity contribution in [2.24, 2.45) is 0 Å². The zero-order valence-corrected chi connectivity index (χ0v) is 15.0. The fourth-order valence-electron chi connectivity index (χ4n) is 3.20. The number of hydrogen-bond acceptors (Lipinski definition) is 3. The molecular weight excluding hydrogens is 308 g/mol. The van der Waals surface area contributed by atoms with E-state index >= 15 is 0 Å². The van der Waals surface area contributed by atoms with E-state index in [9.17, 15) is 5.11 Å². The molecule has 0 aromatic heterocycles. The lowest BCUT2D eigenvalue weighted by Gasteiger charge is -2.35. The van der Waals surface area contributed by atoms with Gasteiger partial charge >= 0.3 is 0 Å². The van der Waals surface area contributed by atoms with Crippen molar-refractivity contribution in [2.45, 2.75) is 13.0 Å². The molecule has 0 bridgehead atoms. The number of aliphatic hydroxyl groups excluding tert-OH is 1. The number of nitrogens with zero attached hydrogens (tertiary/aromatic N) is 2. The highest BCUT2D eigenvalue weighted by Gasteiger charge is 2.19. The van der Waals surface area contributed by atoms with Gasteiger partial charge in [0.15, 0.2) is 0 Å². The Labute approximate surface area is 151 Å². The van der Waals surface area contributed by atoms with Crippen LogP contribution in [-0.2, 0) is 0 Å². The summed E-state index contributed by atoms with van der Waals surface area (Å²) in [5.74, 6) is 0. The highest BCUT2D eigenvalue weighted by atomic mass is 16.3. The Kier molecular flexibility index (Phi) is 6.40. The number of rotatable bonds is 6. The Morgan fingerprint density at radius 1 is 0.920 bits per heavy atom. The quantitative estimate of drug-likeness (QED) is 0.876. The van der Waals surface area contributed by atoms with Crippen molar-refractivity contribution < 1.29 is 5.11 Å². The van der Waals surface area contributed by atoms with Crippen LogP contribution in [0.25, 0.3) is 6.08 Å².